The molecule has 1 spiro atoms. The summed E-state index contributed by atoms with van der Waals surface area (Å²) in [5.41, 5.74) is -0.662. The molecule has 1 amide bonds. The molecule has 1 saturated heterocycles. The second kappa shape index (κ2) is 6.86. The average Bonchev–Trinajstić information content (AvgIpc) is 3.26. The van der Waals surface area contributed by atoms with Crippen LogP contribution in [0, 0.1) is 11.3 Å². The van der Waals surface area contributed by atoms with Crippen LogP contribution < -0.4 is 15.4 Å². The summed E-state index contributed by atoms with van der Waals surface area (Å²) < 4.78 is 44.5. The number of carbonyl (C=O) groups excluding carboxylic acids is 1. The number of piperidine rings is 1. The molecule has 2 aliphatic rings. The van der Waals surface area contributed by atoms with Gasteiger partial charge in [0.15, 0.2) is 0 Å². The van der Waals surface area contributed by atoms with Crippen molar-refractivity contribution in [3.63, 3.8) is 0 Å². The number of nitrogens with one attached hydrogen (secondary N) is 2. The highest BCUT2D eigenvalue weighted by Crippen LogP contribution is 2.59. The second-order valence-corrected chi connectivity index (χ2v) is 6.92. The van der Waals surface area contributed by atoms with Gasteiger partial charge >= 0.3 is 6.18 Å². The van der Waals surface area contributed by atoms with Crippen LogP contribution in [0.15, 0.2) is 18.2 Å². The van der Waals surface area contributed by atoms with Crippen molar-refractivity contribution < 1.29 is 22.7 Å². The van der Waals surface area contributed by atoms with E-state index in [2.05, 4.69) is 10.6 Å². The first-order valence-corrected chi connectivity index (χ1v) is 8.71. The lowest BCUT2D eigenvalue weighted by Crippen LogP contribution is -2.31. The molecule has 0 bridgehead atoms. The number of ether oxygens (including phenoxy) is 1. The number of hydrogen-bond donors (Lipinski definition) is 2. The largest absolute Gasteiger partial charge is 0.491 e. The van der Waals surface area contributed by atoms with Crippen LogP contribution in [-0.4, -0.2) is 25.6 Å². The zero-order chi connectivity index (χ0) is 18.1. The maximum Gasteiger partial charge on any atom is 0.416 e. The van der Waals surface area contributed by atoms with Gasteiger partial charge in [0.1, 0.15) is 5.75 Å². The molecule has 4 nitrogen and oxygen atoms in total. The number of amides is 1. The fourth-order valence-electron chi connectivity index (χ4n) is 3.56. The summed E-state index contributed by atoms with van der Waals surface area (Å²) in [6.07, 6.45) is -1.05. The Hall–Kier alpha value is -1.76. The Labute approximate surface area is 145 Å². The fourth-order valence-corrected chi connectivity index (χ4v) is 3.56. The van der Waals surface area contributed by atoms with E-state index in [9.17, 15) is 18.0 Å². The Morgan fingerprint density at radius 3 is 2.72 bits per heavy atom. The fraction of sp³-hybridized carbons (Fsp3) is 0.611. The standard InChI is InChI=1S/C18H23F3N2O2/c1-2-9-25-15-4-3-12(18(19,20)21)10-14(15)23-16(24)13-11-17(13)5-7-22-8-6-17/h3-4,10,13,22H,2,5-9,11H2,1H3,(H,23,24). The molecule has 1 aliphatic heterocycles. The van der Waals surface area contributed by atoms with E-state index in [1.165, 1.54) is 6.07 Å². The van der Waals surface area contributed by atoms with E-state index >= 15 is 0 Å². The molecule has 0 radical (unpaired) electrons. The quantitative estimate of drug-likeness (QED) is 0.843. The van der Waals surface area contributed by atoms with Crippen LogP contribution in [-0.2, 0) is 11.0 Å². The van der Waals surface area contributed by atoms with E-state index in [1.807, 2.05) is 6.92 Å². The molecule has 1 aromatic rings. The Bertz CT molecular complexity index is 640. The van der Waals surface area contributed by atoms with Crippen LogP contribution >= 0.6 is 0 Å². The Morgan fingerprint density at radius 2 is 2.08 bits per heavy atom. The summed E-state index contributed by atoms with van der Waals surface area (Å²) in [4.78, 5) is 12.6. The van der Waals surface area contributed by atoms with Crippen LogP contribution in [0.4, 0.5) is 18.9 Å². The van der Waals surface area contributed by atoms with Crippen molar-refractivity contribution >= 4 is 11.6 Å². The number of anilines is 1. The van der Waals surface area contributed by atoms with Crippen molar-refractivity contribution in [3.05, 3.63) is 23.8 Å². The van der Waals surface area contributed by atoms with E-state index in [0.717, 1.165) is 50.9 Å². The van der Waals surface area contributed by atoms with Crippen LogP contribution in [0.3, 0.4) is 0 Å². The zero-order valence-corrected chi connectivity index (χ0v) is 14.2. The van der Waals surface area contributed by atoms with E-state index in [4.69, 9.17) is 4.74 Å². The van der Waals surface area contributed by atoms with Crippen molar-refractivity contribution in [2.75, 3.05) is 25.0 Å². The predicted molar refractivity (Wildman–Crippen MR) is 88.5 cm³/mol. The van der Waals surface area contributed by atoms with Gasteiger partial charge in [-0.05, 0) is 62.4 Å². The average molecular weight is 356 g/mol. The summed E-state index contributed by atoms with van der Waals surface area (Å²) in [6, 6.07) is 3.22. The summed E-state index contributed by atoms with van der Waals surface area (Å²) >= 11 is 0. The molecule has 3 rings (SSSR count). The normalized spacial score (nSPS) is 21.8. The highest BCUT2D eigenvalue weighted by Gasteiger charge is 2.57. The van der Waals surface area contributed by atoms with Crippen LogP contribution in [0.5, 0.6) is 5.75 Å². The van der Waals surface area contributed by atoms with Gasteiger partial charge in [-0.3, -0.25) is 4.79 Å². The molecule has 2 fully saturated rings. The minimum absolute atomic E-state index is 0.0292. The van der Waals surface area contributed by atoms with Gasteiger partial charge < -0.3 is 15.4 Å². The molecule has 1 aliphatic carbocycles. The third kappa shape index (κ3) is 3.92. The topological polar surface area (TPSA) is 50.4 Å². The Kier molecular flexibility index (Phi) is 4.95. The van der Waals surface area contributed by atoms with E-state index in [0.29, 0.717) is 6.61 Å². The molecule has 7 heteroatoms. The third-order valence-corrected chi connectivity index (χ3v) is 5.13. The summed E-state index contributed by atoms with van der Waals surface area (Å²) in [5.74, 6) is -0.0473. The van der Waals surface area contributed by atoms with Crippen LogP contribution in [0.25, 0.3) is 0 Å². The van der Waals surface area contributed by atoms with Gasteiger partial charge in [-0.25, -0.2) is 0 Å². The lowest BCUT2D eigenvalue weighted by Gasteiger charge is -2.23. The van der Waals surface area contributed by atoms with Gasteiger partial charge in [-0.15, -0.1) is 0 Å². The predicted octanol–water partition coefficient (Wildman–Crippen LogP) is 3.82. The first kappa shape index (κ1) is 18.0. The Balaban J connectivity index is 1.76. The second-order valence-electron chi connectivity index (χ2n) is 6.92. The molecular formula is C18H23F3N2O2. The van der Waals surface area contributed by atoms with E-state index < -0.39 is 11.7 Å². The molecule has 1 unspecified atom stereocenters. The monoisotopic (exact) mass is 356 g/mol. The number of hydrogen-bond acceptors (Lipinski definition) is 3. The van der Waals surface area contributed by atoms with E-state index in [1.54, 1.807) is 0 Å². The SMILES string of the molecule is CCCOc1ccc(C(F)(F)F)cc1NC(=O)C1CC12CCNCC2. The molecule has 1 aromatic carbocycles. The molecule has 25 heavy (non-hydrogen) atoms. The minimum Gasteiger partial charge on any atom is -0.491 e. The van der Waals surface area contributed by atoms with Gasteiger partial charge in [0.05, 0.1) is 17.9 Å². The molecule has 1 atom stereocenters. The maximum absolute atomic E-state index is 13.0. The maximum atomic E-state index is 13.0. The van der Waals surface area contributed by atoms with Crippen molar-refractivity contribution in [2.45, 2.75) is 38.8 Å². The summed E-state index contributed by atoms with van der Waals surface area (Å²) in [7, 11) is 0. The highest BCUT2D eigenvalue weighted by molar-refractivity contribution is 5.96. The number of alkyl halides is 3. The number of benzene rings is 1. The number of rotatable bonds is 5. The first-order chi connectivity index (χ1) is 11.9. The van der Waals surface area contributed by atoms with Crippen molar-refractivity contribution in [3.8, 4) is 5.75 Å². The van der Waals surface area contributed by atoms with Crippen molar-refractivity contribution in [1.82, 2.24) is 5.32 Å². The smallest absolute Gasteiger partial charge is 0.416 e. The summed E-state index contributed by atoms with van der Waals surface area (Å²) in [5, 5.41) is 5.95. The molecule has 1 heterocycles. The number of carbonyl (C=O) groups is 1. The van der Waals surface area contributed by atoms with Gasteiger partial charge in [0.2, 0.25) is 5.91 Å². The third-order valence-electron chi connectivity index (χ3n) is 5.13. The molecule has 2 N–H and O–H groups in total. The van der Waals surface area contributed by atoms with Gasteiger partial charge in [-0.2, -0.15) is 13.2 Å². The van der Waals surface area contributed by atoms with Gasteiger partial charge in [0, 0.05) is 5.92 Å². The van der Waals surface area contributed by atoms with E-state index in [-0.39, 0.29) is 28.7 Å². The Morgan fingerprint density at radius 1 is 1.36 bits per heavy atom. The molecular weight excluding hydrogens is 333 g/mol. The lowest BCUT2D eigenvalue weighted by molar-refractivity contribution is -0.137. The number of halogens is 3. The van der Waals surface area contributed by atoms with Crippen LogP contribution in [0.2, 0.25) is 0 Å². The van der Waals surface area contributed by atoms with Crippen molar-refractivity contribution in [2.24, 2.45) is 11.3 Å². The lowest BCUT2D eigenvalue weighted by atomic mass is 9.92. The molecule has 138 valence electrons. The summed E-state index contributed by atoms with van der Waals surface area (Å²) in [6.45, 7) is 4.07. The minimum atomic E-state index is -4.46. The van der Waals surface area contributed by atoms with Gasteiger partial charge in [0.25, 0.3) is 0 Å². The molecule has 0 aromatic heterocycles. The molecule has 1 saturated carbocycles. The van der Waals surface area contributed by atoms with Crippen molar-refractivity contribution in [1.29, 1.82) is 0 Å². The van der Waals surface area contributed by atoms with Gasteiger partial charge in [-0.1, -0.05) is 6.92 Å². The zero-order valence-electron chi connectivity index (χ0n) is 14.2. The van der Waals surface area contributed by atoms with Crippen LogP contribution in [0.1, 0.15) is 38.2 Å². The highest BCUT2D eigenvalue weighted by atomic mass is 19.4. The first-order valence-electron chi connectivity index (χ1n) is 8.71.